The number of hydrogen-bond donors (Lipinski definition) is 1. The molecule has 2 aliphatic rings. The van der Waals surface area contributed by atoms with Crippen molar-refractivity contribution in [3.05, 3.63) is 23.8 Å². The Kier molecular flexibility index (Phi) is 6.82. The Morgan fingerprint density at radius 3 is 2.40 bits per heavy atom. The Morgan fingerprint density at radius 1 is 1.20 bits per heavy atom. The summed E-state index contributed by atoms with van der Waals surface area (Å²) in [4.78, 5) is 2.42. The molecule has 1 saturated heterocycles. The molecule has 0 unspecified atom stereocenters. The van der Waals surface area contributed by atoms with E-state index in [4.69, 9.17) is 4.74 Å². The molecule has 1 heterocycles. The molecule has 1 atom stereocenters. The third-order valence-corrected chi connectivity index (χ3v) is 4.90. The maximum absolute atomic E-state index is 12.4. The lowest BCUT2D eigenvalue weighted by Gasteiger charge is -2.43. The van der Waals surface area contributed by atoms with Crippen LogP contribution in [0.25, 0.3) is 0 Å². The molecule has 0 aromatic heterocycles. The van der Waals surface area contributed by atoms with E-state index >= 15 is 0 Å². The predicted molar refractivity (Wildman–Crippen MR) is 91.4 cm³/mol. The Labute approximate surface area is 152 Å². The highest BCUT2D eigenvalue weighted by Crippen LogP contribution is 2.45. The number of nitrogens with one attached hydrogen (secondary N) is 1. The molecule has 1 aromatic carbocycles. The largest absolute Gasteiger partial charge is 0.573 e. The van der Waals surface area contributed by atoms with Gasteiger partial charge in [-0.3, -0.25) is 4.90 Å². The van der Waals surface area contributed by atoms with Gasteiger partial charge < -0.3 is 14.8 Å². The summed E-state index contributed by atoms with van der Waals surface area (Å²) in [7, 11) is 1.49. The smallest absolute Gasteiger partial charge is 0.496 e. The van der Waals surface area contributed by atoms with Crippen molar-refractivity contribution in [3.8, 4) is 11.5 Å². The highest BCUT2D eigenvalue weighted by molar-refractivity contribution is 5.85. The molecule has 0 bridgehead atoms. The summed E-state index contributed by atoms with van der Waals surface area (Å²) < 4.78 is 46.7. The van der Waals surface area contributed by atoms with Gasteiger partial charge in [-0.25, -0.2) is 0 Å². The van der Waals surface area contributed by atoms with Crippen molar-refractivity contribution in [2.75, 3.05) is 33.3 Å². The van der Waals surface area contributed by atoms with E-state index in [1.54, 1.807) is 6.07 Å². The average Bonchev–Trinajstić information content (AvgIpc) is 2.50. The van der Waals surface area contributed by atoms with Crippen LogP contribution in [-0.4, -0.2) is 44.6 Å². The topological polar surface area (TPSA) is 33.7 Å². The number of ether oxygens (including phenoxy) is 2. The molecule has 8 heteroatoms. The Bertz CT molecular complexity index is 561. The third kappa shape index (κ3) is 4.92. The first-order valence-corrected chi connectivity index (χ1v) is 8.36. The van der Waals surface area contributed by atoms with Crippen LogP contribution in [-0.2, 0) is 0 Å². The molecule has 4 nitrogen and oxygen atoms in total. The molecule has 142 valence electrons. The zero-order valence-corrected chi connectivity index (χ0v) is 15.0. The van der Waals surface area contributed by atoms with Gasteiger partial charge >= 0.3 is 6.36 Å². The van der Waals surface area contributed by atoms with Crippen LogP contribution in [0.1, 0.15) is 30.9 Å². The SMILES string of the molecule is COc1cc(OC(F)(F)F)ccc1[C@@H](C1CCC1)N1CCNCC1.Cl. The van der Waals surface area contributed by atoms with Crippen LogP contribution in [0.4, 0.5) is 13.2 Å². The number of halogens is 4. The quantitative estimate of drug-likeness (QED) is 0.843. The fourth-order valence-corrected chi connectivity index (χ4v) is 3.60. The second-order valence-corrected chi connectivity index (χ2v) is 6.37. The van der Waals surface area contributed by atoms with Gasteiger partial charge in [0, 0.05) is 43.9 Å². The second kappa shape index (κ2) is 8.47. The molecule has 1 N–H and O–H groups in total. The zero-order valence-electron chi connectivity index (χ0n) is 14.1. The van der Waals surface area contributed by atoms with Gasteiger partial charge in [0.15, 0.2) is 0 Å². The number of piperazine rings is 1. The number of methoxy groups -OCH3 is 1. The lowest BCUT2D eigenvalue weighted by Crippen LogP contribution is -2.47. The van der Waals surface area contributed by atoms with Crippen LogP contribution in [0.2, 0.25) is 0 Å². The number of hydrogen-bond acceptors (Lipinski definition) is 4. The molecule has 1 aliphatic carbocycles. The van der Waals surface area contributed by atoms with Crippen molar-refractivity contribution < 1.29 is 22.6 Å². The lowest BCUT2D eigenvalue weighted by molar-refractivity contribution is -0.274. The number of alkyl halides is 3. The summed E-state index contributed by atoms with van der Waals surface area (Å²) in [5.74, 6) is 0.759. The lowest BCUT2D eigenvalue weighted by atomic mass is 9.76. The average molecular weight is 381 g/mol. The van der Waals surface area contributed by atoms with Crippen molar-refractivity contribution in [1.82, 2.24) is 10.2 Å². The highest BCUT2D eigenvalue weighted by Gasteiger charge is 2.36. The van der Waals surface area contributed by atoms with Gasteiger partial charge in [-0.05, 0) is 24.8 Å². The third-order valence-electron chi connectivity index (χ3n) is 4.90. The van der Waals surface area contributed by atoms with Gasteiger partial charge in [0.25, 0.3) is 0 Å². The maximum Gasteiger partial charge on any atom is 0.573 e. The standard InChI is InChI=1S/C17H23F3N2O2.ClH/c1-23-15-11-13(24-17(18,19)20)5-6-14(15)16(12-3-2-4-12)22-9-7-21-8-10-22;/h5-6,11-12,16,21H,2-4,7-10H2,1H3;1H/t16-;/m1./s1. The first-order chi connectivity index (χ1) is 11.5. The maximum atomic E-state index is 12.4. The van der Waals surface area contributed by atoms with Crippen LogP contribution < -0.4 is 14.8 Å². The molecule has 1 aromatic rings. The second-order valence-electron chi connectivity index (χ2n) is 6.37. The van der Waals surface area contributed by atoms with Crippen molar-refractivity contribution in [2.24, 2.45) is 5.92 Å². The Balaban J connectivity index is 0.00000225. The minimum absolute atomic E-state index is 0. The van der Waals surface area contributed by atoms with E-state index in [2.05, 4.69) is 15.0 Å². The molecule has 3 rings (SSSR count). The van der Waals surface area contributed by atoms with E-state index in [0.29, 0.717) is 11.7 Å². The molecular formula is C17H24ClF3N2O2. The van der Waals surface area contributed by atoms with Crippen molar-refractivity contribution >= 4 is 12.4 Å². The molecule has 0 spiro atoms. The molecule has 0 radical (unpaired) electrons. The van der Waals surface area contributed by atoms with E-state index in [-0.39, 0.29) is 24.2 Å². The Morgan fingerprint density at radius 2 is 1.88 bits per heavy atom. The van der Waals surface area contributed by atoms with Crippen LogP contribution in [0.5, 0.6) is 11.5 Å². The Hall–Kier alpha value is -1.18. The van der Waals surface area contributed by atoms with Gasteiger partial charge in [-0.15, -0.1) is 25.6 Å². The number of benzene rings is 1. The molecule has 1 aliphatic heterocycles. The molecule has 2 fully saturated rings. The number of rotatable bonds is 5. The van der Waals surface area contributed by atoms with E-state index < -0.39 is 6.36 Å². The number of nitrogens with zero attached hydrogens (tertiary/aromatic N) is 1. The molecular weight excluding hydrogens is 357 g/mol. The van der Waals surface area contributed by atoms with Gasteiger partial charge in [0.05, 0.1) is 7.11 Å². The monoisotopic (exact) mass is 380 g/mol. The predicted octanol–water partition coefficient (Wildman–Crippen LogP) is 3.76. The summed E-state index contributed by atoms with van der Waals surface area (Å²) in [5.41, 5.74) is 0.957. The van der Waals surface area contributed by atoms with E-state index in [1.807, 2.05) is 0 Å². The minimum Gasteiger partial charge on any atom is -0.496 e. The summed E-state index contributed by atoms with van der Waals surface area (Å²) in [6.07, 6.45) is -1.18. The van der Waals surface area contributed by atoms with Gasteiger partial charge in [-0.1, -0.05) is 12.5 Å². The minimum atomic E-state index is -4.70. The van der Waals surface area contributed by atoms with Crippen LogP contribution in [0.15, 0.2) is 18.2 Å². The highest BCUT2D eigenvalue weighted by atomic mass is 35.5. The molecule has 25 heavy (non-hydrogen) atoms. The van der Waals surface area contributed by atoms with Crippen molar-refractivity contribution in [1.29, 1.82) is 0 Å². The van der Waals surface area contributed by atoms with Gasteiger partial charge in [-0.2, -0.15) is 0 Å². The summed E-state index contributed by atoms with van der Waals surface area (Å²) in [6.45, 7) is 3.73. The first kappa shape index (κ1) is 20.1. The van der Waals surface area contributed by atoms with Crippen molar-refractivity contribution in [3.63, 3.8) is 0 Å². The first-order valence-electron chi connectivity index (χ1n) is 8.36. The summed E-state index contributed by atoms with van der Waals surface area (Å²) in [5, 5.41) is 3.34. The van der Waals surface area contributed by atoms with E-state index in [9.17, 15) is 13.2 Å². The van der Waals surface area contributed by atoms with Gasteiger partial charge in [0.2, 0.25) is 0 Å². The van der Waals surface area contributed by atoms with E-state index in [0.717, 1.165) is 44.6 Å². The van der Waals surface area contributed by atoms with Gasteiger partial charge in [0.1, 0.15) is 11.5 Å². The fourth-order valence-electron chi connectivity index (χ4n) is 3.60. The summed E-state index contributed by atoms with van der Waals surface area (Å²) in [6, 6.07) is 4.65. The van der Waals surface area contributed by atoms with E-state index in [1.165, 1.54) is 25.7 Å². The van der Waals surface area contributed by atoms with Crippen LogP contribution >= 0.6 is 12.4 Å². The fraction of sp³-hybridized carbons (Fsp3) is 0.647. The van der Waals surface area contributed by atoms with Crippen LogP contribution in [0.3, 0.4) is 0 Å². The zero-order chi connectivity index (χ0) is 17.2. The molecule has 1 saturated carbocycles. The molecule has 0 amide bonds. The van der Waals surface area contributed by atoms with Crippen molar-refractivity contribution in [2.45, 2.75) is 31.7 Å². The van der Waals surface area contributed by atoms with Crippen LogP contribution in [0, 0.1) is 5.92 Å². The normalized spacial score (nSPS) is 20.3. The summed E-state index contributed by atoms with van der Waals surface area (Å²) >= 11 is 0.